The first-order valence-corrected chi connectivity index (χ1v) is 6.56. The van der Waals surface area contributed by atoms with E-state index in [-0.39, 0.29) is 5.82 Å². The summed E-state index contributed by atoms with van der Waals surface area (Å²) in [7, 11) is 0. The van der Waals surface area contributed by atoms with E-state index in [1.807, 2.05) is 6.07 Å². The van der Waals surface area contributed by atoms with E-state index in [2.05, 4.69) is 35.1 Å². The number of halogens is 2. The van der Waals surface area contributed by atoms with Crippen molar-refractivity contribution in [1.82, 2.24) is 5.32 Å². The minimum Gasteiger partial charge on any atom is -0.309 e. The summed E-state index contributed by atoms with van der Waals surface area (Å²) < 4.78 is 14.6. The second-order valence-corrected chi connectivity index (χ2v) is 5.75. The molecule has 1 atom stereocenters. The van der Waals surface area contributed by atoms with E-state index >= 15 is 0 Å². The Morgan fingerprint density at radius 3 is 2.88 bits per heavy atom. The van der Waals surface area contributed by atoms with Crippen LogP contribution in [0.15, 0.2) is 16.6 Å². The van der Waals surface area contributed by atoms with E-state index in [0.29, 0.717) is 18.5 Å². The lowest BCUT2D eigenvalue weighted by atomic mass is 9.91. The van der Waals surface area contributed by atoms with Crippen LogP contribution >= 0.6 is 15.9 Å². The van der Waals surface area contributed by atoms with Crippen molar-refractivity contribution in [2.24, 2.45) is 5.92 Å². The number of nitrogens with one attached hydrogen (secondary N) is 1. The third-order valence-electron chi connectivity index (χ3n) is 3.09. The first-order valence-electron chi connectivity index (χ1n) is 5.77. The molecule has 0 radical (unpaired) electrons. The highest BCUT2D eigenvalue weighted by atomic mass is 79.9. The Kier molecular flexibility index (Phi) is 3.65. The van der Waals surface area contributed by atoms with Crippen LogP contribution in [0.2, 0.25) is 0 Å². The fourth-order valence-electron chi connectivity index (χ4n) is 2.35. The lowest BCUT2D eigenvalue weighted by molar-refractivity contribution is 0.391. The molecule has 2 rings (SSSR count). The molecule has 0 bridgehead atoms. The molecule has 0 fully saturated rings. The third-order valence-corrected chi connectivity index (χ3v) is 3.83. The van der Waals surface area contributed by atoms with Gasteiger partial charge >= 0.3 is 0 Å². The molecule has 1 nitrogen and oxygen atoms in total. The Morgan fingerprint density at radius 2 is 2.19 bits per heavy atom. The average Bonchev–Trinajstić information content (AvgIpc) is 2.23. The second-order valence-electron chi connectivity index (χ2n) is 4.90. The Bertz CT molecular complexity index is 390. The van der Waals surface area contributed by atoms with Crippen LogP contribution in [0.5, 0.6) is 0 Å². The Hall–Kier alpha value is -0.410. The highest BCUT2D eigenvalue weighted by Gasteiger charge is 2.22. The van der Waals surface area contributed by atoms with Crippen molar-refractivity contribution in [3.8, 4) is 0 Å². The number of hydrogen-bond donors (Lipinski definition) is 1. The molecule has 1 unspecified atom stereocenters. The molecule has 1 N–H and O–H groups in total. The molecule has 0 amide bonds. The maximum Gasteiger partial charge on any atom is 0.128 e. The van der Waals surface area contributed by atoms with Gasteiger partial charge in [-0.25, -0.2) is 4.39 Å². The van der Waals surface area contributed by atoms with Crippen molar-refractivity contribution in [1.29, 1.82) is 0 Å². The number of fused-ring (bicyclic) bond motifs is 1. The summed E-state index contributed by atoms with van der Waals surface area (Å²) >= 11 is 3.52. The topological polar surface area (TPSA) is 12.0 Å². The molecule has 16 heavy (non-hydrogen) atoms. The molecule has 1 heterocycles. The summed E-state index contributed by atoms with van der Waals surface area (Å²) in [6, 6.07) is 3.82. The van der Waals surface area contributed by atoms with Gasteiger partial charge in [-0.05, 0) is 36.5 Å². The van der Waals surface area contributed by atoms with Crippen LogP contribution in [-0.4, -0.2) is 6.04 Å². The van der Waals surface area contributed by atoms with Crippen LogP contribution in [0.1, 0.15) is 31.4 Å². The fourth-order valence-corrected chi connectivity index (χ4v) is 2.88. The lowest BCUT2D eigenvalue weighted by Crippen LogP contribution is -2.37. The molecule has 0 spiro atoms. The normalized spacial score (nSPS) is 19.9. The Morgan fingerprint density at radius 1 is 1.44 bits per heavy atom. The van der Waals surface area contributed by atoms with Gasteiger partial charge in [0.1, 0.15) is 5.82 Å². The van der Waals surface area contributed by atoms with E-state index in [1.54, 1.807) is 0 Å². The van der Waals surface area contributed by atoms with Crippen LogP contribution in [0.25, 0.3) is 0 Å². The van der Waals surface area contributed by atoms with Crippen LogP contribution < -0.4 is 5.32 Å². The predicted molar refractivity (Wildman–Crippen MR) is 67.9 cm³/mol. The molecule has 1 aliphatic heterocycles. The van der Waals surface area contributed by atoms with Crippen LogP contribution in [0, 0.1) is 11.7 Å². The Labute approximate surface area is 105 Å². The van der Waals surface area contributed by atoms with Gasteiger partial charge in [0, 0.05) is 22.6 Å². The van der Waals surface area contributed by atoms with E-state index in [1.165, 1.54) is 6.07 Å². The zero-order valence-electron chi connectivity index (χ0n) is 9.69. The molecule has 1 aromatic rings. The molecule has 0 saturated heterocycles. The maximum absolute atomic E-state index is 13.6. The first-order chi connectivity index (χ1) is 7.58. The highest BCUT2D eigenvalue weighted by Crippen LogP contribution is 2.28. The second kappa shape index (κ2) is 4.84. The first kappa shape index (κ1) is 12.1. The smallest absolute Gasteiger partial charge is 0.128 e. The highest BCUT2D eigenvalue weighted by molar-refractivity contribution is 9.10. The Balaban J connectivity index is 2.23. The van der Waals surface area contributed by atoms with Gasteiger partial charge in [-0.1, -0.05) is 29.8 Å². The molecule has 3 heteroatoms. The monoisotopic (exact) mass is 285 g/mol. The summed E-state index contributed by atoms with van der Waals surface area (Å²) in [5.41, 5.74) is 1.97. The van der Waals surface area contributed by atoms with Crippen LogP contribution in [0.4, 0.5) is 4.39 Å². The average molecular weight is 286 g/mol. The summed E-state index contributed by atoms with van der Waals surface area (Å²) in [5, 5.41) is 3.41. The van der Waals surface area contributed by atoms with Gasteiger partial charge in [-0.3, -0.25) is 0 Å². The molecule has 1 aliphatic rings. The van der Waals surface area contributed by atoms with Gasteiger partial charge in [0.15, 0.2) is 0 Å². The standard InChI is InChI=1S/C13H17BrFN/c1-8(2)5-9-6-10-11(7-16-9)13(15)4-3-12(10)14/h3-4,8-9,16H,5-7H2,1-2H3. The largest absolute Gasteiger partial charge is 0.309 e. The number of benzene rings is 1. The molecule has 0 aromatic heterocycles. The molecule has 1 aromatic carbocycles. The van der Waals surface area contributed by atoms with Crippen molar-refractivity contribution < 1.29 is 4.39 Å². The molecular formula is C13H17BrFN. The quantitative estimate of drug-likeness (QED) is 0.875. The summed E-state index contributed by atoms with van der Waals surface area (Å²) in [6.45, 7) is 5.09. The zero-order valence-corrected chi connectivity index (χ0v) is 11.3. The van der Waals surface area contributed by atoms with E-state index in [4.69, 9.17) is 0 Å². The third kappa shape index (κ3) is 2.46. The van der Waals surface area contributed by atoms with Crippen molar-refractivity contribution in [2.75, 3.05) is 0 Å². The number of rotatable bonds is 2. The lowest BCUT2D eigenvalue weighted by Gasteiger charge is -2.28. The van der Waals surface area contributed by atoms with E-state index in [9.17, 15) is 4.39 Å². The van der Waals surface area contributed by atoms with Crippen molar-refractivity contribution in [3.05, 3.63) is 33.5 Å². The molecular weight excluding hydrogens is 269 g/mol. The molecule has 0 saturated carbocycles. The maximum atomic E-state index is 13.6. The van der Waals surface area contributed by atoms with Crippen molar-refractivity contribution in [3.63, 3.8) is 0 Å². The summed E-state index contributed by atoms with van der Waals surface area (Å²) in [6.07, 6.45) is 2.06. The zero-order chi connectivity index (χ0) is 11.7. The van der Waals surface area contributed by atoms with Gasteiger partial charge in [0.2, 0.25) is 0 Å². The minimum absolute atomic E-state index is 0.0892. The number of hydrogen-bond acceptors (Lipinski definition) is 1. The van der Waals surface area contributed by atoms with Gasteiger partial charge in [0.05, 0.1) is 0 Å². The van der Waals surface area contributed by atoms with Gasteiger partial charge in [-0.2, -0.15) is 0 Å². The molecule has 0 aliphatic carbocycles. The SMILES string of the molecule is CC(C)CC1Cc2c(Br)ccc(F)c2CN1. The van der Waals surface area contributed by atoms with E-state index < -0.39 is 0 Å². The predicted octanol–water partition coefficient (Wildman–Crippen LogP) is 3.65. The van der Waals surface area contributed by atoms with Crippen molar-refractivity contribution >= 4 is 15.9 Å². The molecule has 88 valence electrons. The fraction of sp³-hybridized carbons (Fsp3) is 0.538. The van der Waals surface area contributed by atoms with Gasteiger partial charge in [0.25, 0.3) is 0 Å². The van der Waals surface area contributed by atoms with Gasteiger partial charge in [-0.15, -0.1) is 0 Å². The summed E-state index contributed by atoms with van der Waals surface area (Å²) in [4.78, 5) is 0. The van der Waals surface area contributed by atoms with Gasteiger partial charge < -0.3 is 5.32 Å². The minimum atomic E-state index is -0.0892. The van der Waals surface area contributed by atoms with Crippen LogP contribution in [-0.2, 0) is 13.0 Å². The summed E-state index contributed by atoms with van der Waals surface area (Å²) in [5.74, 6) is 0.583. The van der Waals surface area contributed by atoms with E-state index in [0.717, 1.165) is 28.4 Å². The van der Waals surface area contributed by atoms with Crippen LogP contribution in [0.3, 0.4) is 0 Å². The van der Waals surface area contributed by atoms with Crippen molar-refractivity contribution in [2.45, 2.75) is 39.3 Å².